The fourth-order valence-electron chi connectivity index (χ4n) is 3.37. The molecule has 0 aliphatic heterocycles. The van der Waals surface area contributed by atoms with E-state index in [-0.39, 0.29) is 11.0 Å². The maximum atomic E-state index is 12.1. The lowest BCUT2D eigenvalue weighted by molar-refractivity contribution is 0.329. The number of nitrogens with one attached hydrogen (secondary N) is 1. The summed E-state index contributed by atoms with van der Waals surface area (Å²) in [5.41, 5.74) is 1.78. The Morgan fingerprint density at radius 1 is 1.14 bits per heavy atom. The monoisotopic (exact) mass is 346 g/mol. The molecule has 0 saturated heterocycles. The standard InChI is InChI=1S/C17H19BrN2O/c1-12-14(18)15(21)20-16(19-12)17(10-6-3-7-11-17)13-8-4-2-5-9-13/h2,4-5,8-9H,3,6-7,10-11H2,1H3,(H,19,20,21). The third kappa shape index (κ3) is 2.57. The molecule has 0 amide bonds. The van der Waals surface area contributed by atoms with Crippen LogP contribution in [0.2, 0.25) is 0 Å². The van der Waals surface area contributed by atoms with Gasteiger partial charge in [-0.3, -0.25) is 4.79 Å². The first kappa shape index (κ1) is 14.5. The van der Waals surface area contributed by atoms with Gasteiger partial charge in [-0.1, -0.05) is 49.6 Å². The third-order valence-electron chi connectivity index (χ3n) is 4.52. The van der Waals surface area contributed by atoms with Crippen LogP contribution < -0.4 is 5.56 Å². The number of hydrogen-bond donors (Lipinski definition) is 1. The SMILES string of the molecule is Cc1nc(C2(c3ccccc3)CCCCC2)[nH]c(=O)c1Br. The van der Waals surface area contributed by atoms with Crippen molar-refractivity contribution in [1.29, 1.82) is 0 Å². The minimum Gasteiger partial charge on any atom is -0.309 e. The van der Waals surface area contributed by atoms with Gasteiger partial charge >= 0.3 is 0 Å². The molecule has 0 bridgehead atoms. The van der Waals surface area contributed by atoms with Crippen molar-refractivity contribution in [3.8, 4) is 0 Å². The van der Waals surface area contributed by atoms with Crippen LogP contribution in [0.1, 0.15) is 49.2 Å². The second kappa shape index (κ2) is 5.76. The maximum Gasteiger partial charge on any atom is 0.265 e. The smallest absolute Gasteiger partial charge is 0.265 e. The lowest BCUT2D eigenvalue weighted by Gasteiger charge is -2.37. The van der Waals surface area contributed by atoms with Crippen LogP contribution in [0.15, 0.2) is 39.6 Å². The summed E-state index contributed by atoms with van der Waals surface area (Å²) in [6.07, 6.45) is 5.69. The fourth-order valence-corrected chi connectivity index (χ4v) is 3.56. The van der Waals surface area contributed by atoms with E-state index in [1.807, 2.05) is 13.0 Å². The highest BCUT2D eigenvalue weighted by atomic mass is 79.9. The zero-order valence-corrected chi connectivity index (χ0v) is 13.7. The molecule has 1 aliphatic rings. The predicted octanol–water partition coefficient (Wildman–Crippen LogP) is 4.09. The van der Waals surface area contributed by atoms with Crippen LogP contribution >= 0.6 is 15.9 Å². The summed E-state index contributed by atoms with van der Waals surface area (Å²) in [7, 11) is 0. The summed E-state index contributed by atoms with van der Waals surface area (Å²) in [4.78, 5) is 19.8. The van der Waals surface area contributed by atoms with Gasteiger partial charge in [0, 0.05) is 0 Å². The van der Waals surface area contributed by atoms with E-state index in [9.17, 15) is 4.79 Å². The molecule has 2 aromatic rings. The van der Waals surface area contributed by atoms with E-state index in [0.717, 1.165) is 24.4 Å². The lowest BCUT2D eigenvalue weighted by Crippen LogP contribution is -2.35. The number of aryl methyl sites for hydroxylation is 1. The molecule has 1 aliphatic carbocycles. The highest BCUT2D eigenvalue weighted by Crippen LogP contribution is 2.43. The van der Waals surface area contributed by atoms with Crippen LogP contribution in [0.3, 0.4) is 0 Å². The topological polar surface area (TPSA) is 45.8 Å². The first-order chi connectivity index (χ1) is 10.1. The normalized spacial score (nSPS) is 17.6. The van der Waals surface area contributed by atoms with Crippen LogP contribution in [-0.4, -0.2) is 9.97 Å². The number of nitrogens with zero attached hydrogens (tertiary/aromatic N) is 1. The van der Waals surface area contributed by atoms with Crippen LogP contribution in [0.25, 0.3) is 0 Å². The van der Waals surface area contributed by atoms with Crippen molar-refractivity contribution in [2.45, 2.75) is 44.4 Å². The number of aromatic nitrogens is 2. The molecule has 4 heteroatoms. The summed E-state index contributed by atoms with van der Waals surface area (Å²) < 4.78 is 0.533. The van der Waals surface area contributed by atoms with Crippen LogP contribution in [0.4, 0.5) is 0 Å². The Morgan fingerprint density at radius 3 is 2.43 bits per heavy atom. The zero-order chi connectivity index (χ0) is 14.9. The van der Waals surface area contributed by atoms with Crippen molar-refractivity contribution >= 4 is 15.9 Å². The van der Waals surface area contributed by atoms with Gasteiger partial charge in [0.05, 0.1) is 11.1 Å². The van der Waals surface area contributed by atoms with Crippen LogP contribution in [-0.2, 0) is 5.41 Å². The van der Waals surface area contributed by atoms with Crippen molar-refractivity contribution < 1.29 is 0 Å². The second-order valence-electron chi connectivity index (χ2n) is 5.82. The molecule has 0 radical (unpaired) electrons. The zero-order valence-electron chi connectivity index (χ0n) is 12.2. The van der Waals surface area contributed by atoms with Gasteiger partial charge in [-0.25, -0.2) is 4.98 Å². The average Bonchev–Trinajstić information content (AvgIpc) is 2.53. The first-order valence-electron chi connectivity index (χ1n) is 7.46. The lowest BCUT2D eigenvalue weighted by atomic mass is 9.68. The molecule has 110 valence electrons. The number of rotatable bonds is 2. The van der Waals surface area contributed by atoms with Crippen molar-refractivity contribution in [2.24, 2.45) is 0 Å². The third-order valence-corrected chi connectivity index (χ3v) is 5.45. The van der Waals surface area contributed by atoms with Gasteiger partial charge in [0.25, 0.3) is 5.56 Å². The summed E-state index contributed by atoms with van der Waals surface area (Å²) >= 11 is 3.30. The largest absolute Gasteiger partial charge is 0.309 e. The van der Waals surface area contributed by atoms with E-state index >= 15 is 0 Å². The minimum atomic E-state index is -0.149. The molecule has 0 atom stereocenters. The highest BCUT2D eigenvalue weighted by molar-refractivity contribution is 9.10. The Balaban J connectivity index is 2.19. The van der Waals surface area contributed by atoms with Gasteiger partial charge < -0.3 is 4.98 Å². The quantitative estimate of drug-likeness (QED) is 0.889. The molecular formula is C17H19BrN2O. The first-order valence-corrected chi connectivity index (χ1v) is 8.25. The van der Waals surface area contributed by atoms with Crippen molar-refractivity contribution in [3.63, 3.8) is 0 Å². The molecule has 1 aromatic carbocycles. The number of halogens is 1. The number of H-pyrrole nitrogens is 1. The Kier molecular flexibility index (Phi) is 3.98. The Bertz CT molecular complexity index is 688. The van der Waals surface area contributed by atoms with Crippen LogP contribution in [0.5, 0.6) is 0 Å². The van der Waals surface area contributed by atoms with Crippen LogP contribution in [0, 0.1) is 6.92 Å². The van der Waals surface area contributed by atoms with E-state index in [1.165, 1.54) is 24.8 Å². The average molecular weight is 347 g/mol. The number of hydrogen-bond acceptors (Lipinski definition) is 2. The molecule has 3 nitrogen and oxygen atoms in total. The minimum absolute atomic E-state index is 0.0848. The molecule has 1 aromatic heterocycles. The maximum absolute atomic E-state index is 12.1. The number of aromatic amines is 1. The Morgan fingerprint density at radius 2 is 1.81 bits per heavy atom. The molecule has 1 N–H and O–H groups in total. The van der Waals surface area contributed by atoms with Crippen molar-refractivity contribution in [2.75, 3.05) is 0 Å². The molecule has 0 unspecified atom stereocenters. The molecule has 0 spiro atoms. The van der Waals surface area contributed by atoms with Gasteiger partial charge in [0.2, 0.25) is 0 Å². The summed E-state index contributed by atoms with van der Waals surface area (Å²) in [6.45, 7) is 1.88. The summed E-state index contributed by atoms with van der Waals surface area (Å²) in [5.74, 6) is 0.819. The molecule has 21 heavy (non-hydrogen) atoms. The second-order valence-corrected chi connectivity index (χ2v) is 6.62. The Labute approximate surface area is 133 Å². The molecule has 1 fully saturated rings. The molecule has 1 heterocycles. The van der Waals surface area contributed by atoms with Gasteiger partial charge in [0.1, 0.15) is 10.3 Å². The van der Waals surface area contributed by atoms with E-state index < -0.39 is 0 Å². The summed E-state index contributed by atoms with van der Waals surface area (Å²) in [6, 6.07) is 10.5. The van der Waals surface area contributed by atoms with E-state index in [4.69, 9.17) is 4.98 Å². The summed E-state index contributed by atoms with van der Waals surface area (Å²) in [5, 5.41) is 0. The van der Waals surface area contributed by atoms with E-state index in [0.29, 0.717) is 4.47 Å². The number of benzene rings is 1. The Hall–Kier alpha value is -1.42. The highest BCUT2D eigenvalue weighted by Gasteiger charge is 2.38. The van der Waals surface area contributed by atoms with E-state index in [1.54, 1.807) is 0 Å². The van der Waals surface area contributed by atoms with E-state index in [2.05, 4.69) is 45.2 Å². The van der Waals surface area contributed by atoms with Gasteiger partial charge in [-0.05, 0) is 41.3 Å². The van der Waals surface area contributed by atoms with Crippen molar-refractivity contribution in [1.82, 2.24) is 9.97 Å². The van der Waals surface area contributed by atoms with Crippen molar-refractivity contribution in [3.05, 3.63) is 62.2 Å². The fraction of sp³-hybridized carbons (Fsp3) is 0.412. The van der Waals surface area contributed by atoms with Gasteiger partial charge in [-0.15, -0.1) is 0 Å². The molecule has 3 rings (SSSR count). The molecular weight excluding hydrogens is 328 g/mol. The van der Waals surface area contributed by atoms with Gasteiger partial charge in [-0.2, -0.15) is 0 Å². The van der Waals surface area contributed by atoms with Gasteiger partial charge in [0.15, 0.2) is 0 Å². The molecule has 1 saturated carbocycles. The predicted molar refractivity (Wildman–Crippen MR) is 87.6 cm³/mol.